The van der Waals surface area contributed by atoms with E-state index in [1.54, 1.807) is 14.0 Å². The third-order valence-electron chi connectivity index (χ3n) is 2.41. The highest BCUT2D eigenvalue weighted by Gasteiger charge is 2.29. The van der Waals surface area contributed by atoms with Crippen LogP contribution in [0.15, 0.2) is 0 Å². The van der Waals surface area contributed by atoms with Crippen LogP contribution in [0.3, 0.4) is 0 Å². The van der Waals surface area contributed by atoms with Gasteiger partial charge in [-0.25, -0.2) is 0 Å². The van der Waals surface area contributed by atoms with Gasteiger partial charge in [0, 0.05) is 13.7 Å². The molecule has 1 heterocycles. The molecule has 1 fully saturated rings. The second-order valence-corrected chi connectivity index (χ2v) is 3.57. The largest absolute Gasteiger partial charge is 0.383 e. The number of rotatable bonds is 3. The summed E-state index contributed by atoms with van der Waals surface area (Å²) in [6, 6.07) is -0.152. The SMILES string of the molecule is COC[C@@H]1CCCN1C(=O)C(C)N. The van der Waals surface area contributed by atoms with Gasteiger partial charge in [-0.2, -0.15) is 0 Å². The molecule has 1 aliphatic heterocycles. The normalized spacial score (nSPS) is 24.8. The van der Waals surface area contributed by atoms with Crippen molar-refractivity contribution in [3.05, 3.63) is 0 Å². The molecule has 0 radical (unpaired) electrons. The molecular formula is C9H18N2O2. The third kappa shape index (κ3) is 2.42. The highest BCUT2D eigenvalue weighted by molar-refractivity contribution is 5.81. The van der Waals surface area contributed by atoms with Gasteiger partial charge in [-0.3, -0.25) is 4.79 Å². The van der Waals surface area contributed by atoms with E-state index in [1.165, 1.54) is 0 Å². The van der Waals surface area contributed by atoms with E-state index in [0.717, 1.165) is 19.4 Å². The van der Waals surface area contributed by atoms with Crippen LogP contribution < -0.4 is 5.73 Å². The zero-order valence-corrected chi connectivity index (χ0v) is 8.32. The first-order valence-corrected chi connectivity index (χ1v) is 4.71. The summed E-state index contributed by atoms with van der Waals surface area (Å²) in [4.78, 5) is 13.4. The van der Waals surface area contributed by atoms with E-state index in [4.69, 9.17) is 10.5 Å². The maximum absolute atomic E-state index is 11.6. The Morgan fingerprint density at radius 3 is 3.00 bits per heavy atom. The molecule has 1 amide bonds. The first kappa shape index (κ1) is 10.5. The fourth-order valence-corrected chi connectivity index (χ4v) is 1.75. The minimum Gasteiger partial charge on any atom is -0.383 e. The predicted molar refractivity (Wildman–Crippen MR) is 50.3 cm³/mol. The molecule has 4 nitrogen and oxygen atoms in total. The Morgan fingerprint density at radius 1 is 1.77 bits per heavy atom. The molecular weight excluding hydrogens is 168 g/mol. The molecule has 1 saturated heterocycles. The number of methoxy groups -OCH3 is 1. The molecule has 2 atom stereocenters. The van der Waals surface area contributed by atoms with Crippen molar-refractivity contribution in [1.82, 2.24) is 4.90 Å². The second-order valence-electron chi connectivity index (χ2n) is 3.57. The van der Waals surface area contributed by atoms with E-state index >= 15 is 0 Å². The minimum absolute atomic E-state index is 0.0413. The second kappa shape index (κ2) is 4.58. The number of ether oxygens (including phenoxy) is 1. The summed E-state index contributed by atoms with van der Waals surface area (Å²) < 4.78 is 5.05. The summed E-state index contributed by atoms with van der Waals surface area (Å²) in [5.41, 5.74) is 5.54. The van der Waals surface area contributed by atoms with Gasteiger partial charge in [0.15, 0.2) is 0 Å². The molecule has 0 aromatic carbocycles. The fraction of sp³-hybridized carbons (Fsp3) is 0.889. The highest BCUT2D eigenvalue weighted by atomic mass is 16.5. The van der Waals surface area contributed by atoms with Crippen LogP contribution in [-0.4, -0.2) is 43.2 Å². The molecule has 76 valence electrons. The van der Waals surface area contributed by atoms with Gasteiger partial charge in [-0.15, -0.1) is 0 Å². The maximum atomic E-state index is 11.6. The van der Waals surface area contributed by atoms with E-state index in [2.05, 4.69) is 0 Å². The number of carbonyl (C=O) groups excluding carboxylic acids is 1. The van der Waals surface area contributed by atoms with E-state index in [-0.39, 0.29) is 11.9 Å². The lowest BCUT2D eigenvalue weighted by Crippen LogP contribution is -2.45. The summed E-state index contributed by atoms with van der Waals surface area (Å²) >= 11 is 0. The number of likely N-dealkylation sites (tertiary alicyclic amines) is 1. The monoisotopic (exact) mass is 186 g/mol. The molecule has 0 aromatic heterocycles. The smallest absolute Gasteiger partial charge is 0.239 e. The predicted octanol–water partition coefficient (Wildman–Crippen LogP) is -0.0290. The number of nitrogens with zero attached hydrogens (tertiary/aromatic N) is 1. The summed E-state index contributed by atoms with van der Waals surface area (Å²) in [7, 11) is 1.66. The van der Waals surface area contributed by atoms with E-state index in [9.17, 15) is 4.79 Å². The van der Waals surface area contributed by atoms with Crippen LogP contribution in [0.25, 0.3) is 0 Å². The molecule has 13 heavy (non-hydrogen) atoms. The Morgan fingerprint density at radius 2 is 2.46 bits per heavy atom. The third-order valence-corrected chi connectivity index (χ3v) is 2.41. The topological polar surface area (TPSA) is 55.6 Å². The summed E-state index contributed by atoms with van der Waals surface area (Å²) in [6.45, 7) is 3.18. The fourth-order valence-electron chi connectivity index (χ4n) is 1.75. The molecule has 0 spiro atoms. The van der Waals surface area contributed by atoms with Gasteiger partial charge < -0.3 is 15.4 Å². The molecule has 0 saturated carbocycles. The Balaban J connectivity index is 2.52. The van der Waals surface area contributed by atoms with Gasteiger partial charge in [-0.1, -0.05) is 0 Å². The molecule has 0 aliphatic carbocycles. The van der Waals surface area contributed by atoms with Crippen LogP contribution in [0.5, 0.6) is 0 Å². The Labute approximate surface area is 79.0 Å². The number of hydrogen-bond acceptors (Lipinski definition) is 3. The van der Waals surface area contributed by atoms with Gasteiger partial charge in [0.2, 0.25) is 5.91 Å². The van der Waals surface area contributed by atoms with Crippen molar-refractivity contribution < 1.29 is 9.53 Å². The number of hydrogen-bond donors (Lipinski definition) is 1. The lowest BCUT2D eigenvalue weighted by molar-refractivity contribution is -0.133. The Bertz CT molecular complexity index is 182. The standard InChI is InChI=1S/C9H18N2O2/c1-7(10)9(12)11-5-3-4-8(11)6-13-2/h7-8H,3-6,10H2,1-2H3/t7?,8-/m0/s1. The molecule has 1 rings (SSSR count). The van der Waals surface area contributed by atoms with Gasteiger partial charge >= 0.3 is 0 Å². The summed E-state index contributed by atoms with van der Waals surface area (Å²) in [5, 5.41) is 0. The van der Waals surface area contributed by atoms with Crippen molar-refractivity contribution >= 4 is 5.91 Å². The van der Waals surface area contributed by atoms with Gasteiger partial charge in [0.05, 0.1) is 18.7 Å². The molecule has 4 heteroatoms. The van der Waals surface area contributed by atoms with Crippen LogP contribution in [0, 0.1) is 0 Å². The molecule has 1 unspecified atom stereocenters. The Kier molecular flexibility index (Phi) is 3.69. The van der Waals surface area contributed by atoms with Crippen molar-refractivity contribution in [2.45, 2.75) is 31.8 Å². The van der Waals surface area contributed by atoms with Crippen molar-refractivity contribution in [2.75, 3.05) is 20.3 Å². The summed E-state index contributed by atoms with van der Waals surface area (Å²) in [5.74, 6) is 0.0413. The number of amides is 1. The maximum Gasteiger partial charge on any atom is 0.239 e. The minimum atomic E-state index is -0.391. The summed E-state index contributed by atoms with van der Waals surface area (Å²) in [6.07, 6.45) is 2.10. The molecule has 2 N–H and O–H groups in total. The average molecular weight is 186 g/mol. The lowest BCUT2D eigenvalue weighted by atomic mass is 10.2. The van der Waals surface area contributed by atoms with Crippen molar-refractivity contribution in [1.29, 1.82) is 0 Å². The molecule has 1 aliphatic rings. The highest BCUT2D eigenvalue weighted by Crippen LogP contribution is 2.17. The van der Waals surface area contributed by atoms with Crippen molar-refractivity contribution in [3.63, 3.8) is 0 Å². The first-order valence-electron chi connectivity index (χ1n) is 4.71. The van der Waals surface area contributed by atoms with Crippen LogP contribution in [-0.2, 0) is 9.53 Å². The average Bonchev–Trinajstić information content (AvgIpc) is 2.52. The molecule has 0 aromatic rings. The van der Waals surface area contributed by atoms with Crippen LogP contribution in [0.4, 0.5) is 0 Å². The van der Waals surface area contributed by atoms with Crippen molar-refractivity contribution in [3.8, 4) is 0 Å². The quantitative estimate of drug-likeness (QED) is 0.673. The van der Waals surface area contributed by atoms with Crippen LogP contribution in [0.1, 0.15) is 19.8 Å². The zero-order valence-electron chi connectivity index (χ0n) is 8.32. The number of carbonyl (C=O) groups is 1. The first-order chi connectivity index (χ1) is 6.16. The van der Waals surface area contributed by atoms with Crippen LogP contribution >= 0.6 is 0 Å². The zero-order chi connectivity index (χ0) is 9.84. The lowest BCUT2D eigenvalue weighted by Gasteiger charge is -2.25. The van der Waals surface area contributed by atoms with Crippen molar-refractivity contribution in [2.24, 2.45) is 5.73 Å². The van der Waals surface area contributed by atoms with E-state index in [1.807, 2.05) is 4.90 Å². The van der Waals surface area contributed by atoms with Gasteiger partial charge in [0.25, 0.3) is 0 Å². The number of nitrogens with two attached hydrogens (primary N) is 1. The van der Waals surface area contributed by atoms with Crippen LogP contribution in [0.2, 0.25) is 0 Å². The Hall–Kier alpha value is -0.610. The van der Waals surface area contributed by atoms with Gasteiger partial charge in [0.1, 0.15) is 0 Å². The van der Waals surface area contributed by atoms with Gasteiger partial charge in [-0.05, 0) is 19.8 Å². The van der Waals surface area contributed by atoms with E-state index in [0.29, 0.717) is 6.61 Å². The molecule has 0 bridgehead atoms. The van der Waals surface area contributed by atoms with E-state index < -0.39 is 6.04 Å².